The molecule has 2 amide bonds. The van der Waals surface area contributed by atoms with E-state index < -0.39 is 11.8 Å². The number of anilines is 1. The highest BCUT2D eigenvalue weighted by molar-refractivity contribution is 6.39. The van der Waals surface area contributed by atoms with Crippen molar-refractivity contribution in [1.29, 1.82) is 0 Å². The summed E-state index contributed by atoms with van der Waals surface area (Å²) in [4.78, 5) is 30.8. The Kier molecular flexibility index (Phi) is 5.94. The molecule has 1 N–H and O–H groups in total. The number of hydrogen-bond acceptors (Lipinski definition) is 5. The Balaban J connectivity index is 1.75. The molecule has 3 rings (SSSR count). The third-order valence-electron chi connectivity index (χ3n) is 4.68. The number of benzene rings is 1. The number of hydrogen-bond donors (Lipinski definition) is 1. The molecule has 1 fully saturated rings. The summed E-state index contributed by atoms with van der Waals surface area (Å²) >= 11 is 0. The van der Waals surface area contributed by atoms with Crippen LogP contribution in [-0.4, -0.2) is 47.0 Å². The second-order valence-electron chi connectivity index (χ2n) is 7.08. The zero-order valence-corrected chi connectivity index (χ0v) is 16.6. The predicted octanol–water partition coefficient (Wildman–Crippen LogP) is 3.07. The first-order valence-electron chi connectivity index (χ1n) is 9.30. The number of morpholine rings is 1. The maximum absolute atomic E-state index is 12.6. The molecule has 2 unspecified atom stereocenters. The Labute approximate surface area is 164 Å². The maximum Gasteiger partial charge on any atom is 0.314 e. The Hall–Kier alpha value is -2.93. The molecule has 28 heavy (non-hydrogen) atoms. The summed E-state index contributed by atoms with van der Waals surface area (Å²) in [7, 11) is 0. The maximum atomic E-state index is 12.6. The fourth-order valence-corrected chi connectivity index (χ4v) is 3.17. The molecule has 2 aromatic rings. The topological polar surface area (TPSA) is 80.8 Å². The first-order valence-corrected chi connectivity index (χ1v) is 9.30. The molecular weight excluding hydrogens is 358 g/mol. The van der Waals surface area contributed by atoms with Crippen LogP contribution >= 0.6 is 0 Å². The number of nitrogens with one attached hydrogen (secondary N) is 1. The monoisotopic (exact) mass is 383 g/mol. The van der Waals surface area contributed by atoms with Gasteiger partial charge in [0.15, 0.2) is 0 Å². The quantitative estimate of drug-likeness (QED) is 0.824. The average Bonchev–Trinajstić information content (AvgIpc) is 2.65. The second-order valence-corrected chi connectivity index (χ2v) is 7.08. The van der Waals surface area contributed by atoms with Crippen LogP contribution in [0.5, 0.6) is 11.6 Å². The van der Waals surface area contributed by atoms with Crippen LogP contribution in [-0.2, 0) is 14.3 Å². The molecule has 2 atom stereocenters. The summed E-state index contributed by atoms with van der Waals surface area (Å²) in [6.45, 7) is 8.48. The summed E-state index contributed by atoms with van der Waals surface area (Å²) in [5.41, 5.74) is 2.42. The van der Waals surface area contributed by atoms with Gasteiger partial charge in [-0.1, -0.05) is 12.1 Å². The van der Waals surface area contributed by atoms with Gasteiger partial charge in [-0.25, -0.2) is 4.98 Å². The fraction of sp³-hybridized carbons (Fsp3) is 0.381. The zero-order valence-electron chi connectivity index (χ0n) is 16.6. The lowest BCUT2D eigenvalue weighted by Gasteiger charge is -2.34. The molecule has 0 radical (unpaired) electrons. The van der Waals surface area contributed by atoms with Gasteiger partial charge in [0.2, 0.25) is 5.88 Å². The molecule has 1 aromatic carbocycles. The van der Waals surface area contributed by atoms with Crippen molar-refractivity contribution in [3.8, 4) is 11.6 Å². The van der Waals surface area contributed by atoms with Gasteiger partial charge in [0.05, 0.1) is 12.2 Å². The first kappa shape index (κ1) is 19.8. The first-order chi connectivity index (χ1) is 13.3. The number of carbonyl (C=O) groups excluding carboxylic acids is 2. The largest absolute Gasteiger partial charge is 0.437 e. The summed E-state index contributed by atoms with van der Waals surface area (Å²) in [5.74, 6) is -0.430. The molecular formula is C21H25N3O4. The van der Waals surface area contributed by atoms with Gasteiger partial charge >= 0.3 is 11.8 Å². The number of rotatable bonds is 3. The van der Waals surface area contributed by atoms with Crippen molar-refractivity contribution in [1.82, 2.24) is 9.88 Å². The van der Waals surface area contributed by atoms with Crippen molar-refractivity contribution in [2.75, 3.05) is 18.4 Å². The predicted molar refractivity (Wildman–Crippen MR) is 105 cm³/mol. The lowest BCUT2D eigenvalue weighted by molar-refractivity contribution is -0.151. The van der Waals surface area contributed by atoms with E-state index in [-0.39, 0.29) is 18.1 Å². The smallest absolute Gasteiger partial charge is 0.314 e. The van der Waals surface area contributed by atoms with Gasteiger partial charge in [-0.05, 0) is 57.0 Å². The van der Waals surface area contributed by atoms with Gasteiger partial charge in [0.1, 0.15) is 11.4 Å². The summed E-state index contributed by atoms with van der Waals surface area (Å²) < 4.78 is 11.5. The van der Waals surface area contributed by atoms with Gasteiger partial charge in [-0.15, -0.1) is 0 Å². The molecule has 0 spiro atoms. The van der Waals surface area contributed by atoms with Gasteiger partial charge in [-0.2, -0.15) is 0 Å². The molecule has 0 saturated carbocycles. The molecule has 7 heteroatoms. The van der Waals surface area contributed by atoms with E-state index >= 15 is 0 Å². The van der Waals surface area contributed by atoms with Crippen molar-refractivity contribution >= 4 is 17.5 Å². The third kappa shape index (κ3) is 4.48. The molecule has 0 bridgehead atoms. The highest BCUT2D eigenvalue weighted by Gasteiger charge is 2.30. The van der Waals surface area contributed by atoms with Crippen LogP contribution in [0, 0.1) is 13.8 Å². The van der Waals surface area contributed by atoms with E-state index in [0.29, 0.717) is 24.5 Å². The second kappa shape index (κ2) is 8.39. The van der Waals surface area contributed by atoms with Crippen molar-refractivity contribution < 1.29 is 19.1 Å². The Morgan fingerprint density at radius 2 is 1.86 bits per heavy atom. The van der Waals surface area contributed by atoms with Gasteiger partial charge in [0, 0.05) is 19.3 Å². The van der Waals surface area contributed by atoms with Crippen LogP contribution in [0.2, 0.25) is 0 Å². The van der Waals surface area contributed by atoms with Crippen LogP contribution in [0.1, 0.15) is 25.0 Å². The van der Waals surface area contributed by atoms with Crippen molar-refractivity contribution in [2.45, 2.75) is 39.9 Å². The minimum Gasteiger partial charge on any atom is -0.437 e. The van der Waals surface area contributed by atoms with Crippen molar-refractivity contribution in [2.24, 2.45) is 0 Å². The molecule has 1 aliphatic rings. The number of aryl methyl sites for hydroxylation is 1. The van der Waals surface area contributed by atoms with E-state index in [2.05, 4.69) is 10.3 Å². The summed E-state index contributed by atoms with van der Waals surface area (Å²) in [6.07, 6.45) is 1.35. The SMILES string of the molecule is Cc1cccc(Oc2ncccc2NC(=O)C(=O)N2CC(C)OC(C)C2)c1C. The summed E-state index contributed by atoms with van der Waals surface area (Å²) in [5, 5.41) is 2.63. The van der Waals surface area contributed by atoms with Crippen LogP contribution in [0.15, 0.2) is 36.5 Å². The Morgan fingerprint density at radius 3 is 2.57 bits per heavy atom. The van der Waals surface area contributed by atoms with Crippen LogP contribution < -0.4 is 10.1 Å². The number of amides is 2. The lowest BCUT2D eigenvalue weighted by atomic mass is 10.1. The summed E-state index contributed by atoms with van der Waals surface area (Å²) in [6, 6.07) is 9.05. The number of aromatic nitrogens is 1. The molecule has 1 aromatic heterocycles. The average molecular weight is 383 g/mol. The molecule has 2 heterocycles. The van der Waals surface area contributed by atoms with E-state index in [0.717, 1.165) is 11.1 Å². The molecule has 148 valence electrons. The van der Waals surface area contributed by atoms with Crippen LogP contribution in [0.25, 0.3) is 0 Å². The van der Waals surface area contributed by atoms with Gasteiger partial charge < -0.3 is 19.7 Å². The van der Waals surface area contributed by atoms with E-state index in [1.54, 1.807) is 18.3 Å². The van der Waals surface area contributed by atoms with Crippen molar-refractivity contribution in [3.63, 3.8) is 0 Å². The highest BCUT2D eigenvalue weighted by Crippen LogP contribution is 2.30. The van der Waals surface area contributed by atoms with Crippen molar-refractivity contribution in [3.05, 3.63) is 47.7 Å². The van der Waals surface area contributed by atoms with Crippen LogP contribution in [0.4, 0.5) is 5.69 Å². The Bertz CT molecular complexity index is 874. The number of ether oxygens (including phenoxy) is 2. The number of nitrogens with zero attached hydrogens (tertiary/aromatic N) is 2. The molecule has 1 saturated heterocycles. The normalized spacial score (nSPS) is 19.2. The van der Waals surface area contributed by atoms with E-state index in [4.69, 9.17) is 9.47 Å². The van der Waals surface area contributed by atoms with Crippen LogP contribution in [0.3, 0.4) is 0 Å². The highest BCUT2D eigenvalue weighted by atomic mass is 16.5. The fourth-order valence-electron chi connectivity index (χ4n) is 3.17. The molecule has 1 aliphatic heterocycles. The lowest BCUT2D eigenvalue weighted by Crippen LogP contribution is -2.51. The Morgan fingerprint density at radius 1 is 1.14 bits per heavy atom. The number of pyridine rings is 1. The molecule has 0 aliphatic carbocycles. The minimum absolute atomic E-state index is 0.109. The zero-order chi connectivity index (χ0) is 20.3. The van der Waals surface area contributed by atoms with Gasteiger partial charge in [0.25, 0.3) is 0 Å². The standard InChI is InChI=1S/C21H25N3O4/c1-13-7-5-9-18(16(13)4)28-20-17(8-6-10-22-20)23-19(25)21(26)24-11-14(2)27-15(3)12-24/h5-10,14-15H,11-12H2,1-4H3,(H,23,25). The van der Waals surface area contributed by atoms with E-state index in [1.807, 2.05) is 45.9 Å². The minimum atomic E-state index is -0.722. The van der Waals surface area contributed by atoms with Gasteiger partial charge in [-0.3, -0.25) is 9.59 Å². The third-order valence-corrected chi connectivity index (χ3v) is 4.68. The molecule has 7 nitrogen and oxygen atoms in total. The van der Waals surface area contributed by atoms with E-state index in [1.165, 1.54) is 4.90 Å². The number of carbonyl (C=O) groups is 2. The van der Waals surface area contributed by atoms with E-state index in [9.17, 15) is 9.59 Å².